The molecule has 2 nitrogen and oxygen atoms in total. The van der Waals surface area contributed by atoms with Gasteiger partial charge in [-0.1, -0.05) is 0 Å². The lowest BCUT2D eigenvalue weighted by Crippen LogP contribution is -2.33. The van der Waals surface area contributed by atoms with E-state index in [1.165, 1.54) is 0 Å². The summed E-state index contributed by atoms with van der Waals surface area (Å²) in [4.78, 5) is 10.5. The molecule has 1 N–H and O–H groups in total. The summed E-state index contributed by atoms with van der Waals surface area (Å²) in [6.07, 6.45) is 0. The van der Waals surface area contributed by atoms with E-state index < -0.39 is 0 Å². The summed E-state index contributed by atoms with van der Waals surface area (Å²) in [7, 11) is 2.43. The Bertz CT molecular complexity index is 84.1. The Balaban J connectivity index is 3.25. The summed E-state index contributed by atoms with van der Waals surface area (Å²) < 4.78 is 0. The van der Waals surface area contributed by atoms with E-state index in [0.29, 0.717) is 7.17 Å². The molecule has 0 bridgehead atoms. The minimum Gasteiger partial charge on any atom is -0.364 e. The second kappa shape index (κ2) is 3.58. The third kappa shape index (κ3) is 3.78. The van der Waals surface area contributed by atoms with Crippen LogP contribution in [0.3, 0.4) is 0 Å². The Labute approximate surface area is 51.7 Å². The van der Waals surface area contributed by atoms with E-state index in [2.05, 4.69) is 5.32 Å². The smallest absolute Gasteiger partial charge is 0.193 e. The van der Waals surface area contributed by atoms with E-state index in [0.717, 1.165) is 0 Å². The van der Waals surface area contributed by atoms with Gasteiger partial charge in [0.15, 0.2) is 13.0 Å². The van der Waals surface area contributed by atoms with Gasteiger partial charge in [0.25, 0.3) is 0 Å². The van der Waals surface area contributed by atoms with Crippen LogP contribution in [0, 0.1) is 0 Å². The van der Waals surface area contributed by atoms with Gasteiger partial charge in [0, 0.05) is 6.04 Å². The Kier molecular flexibility index (Phi) is 3.40. The fourth-order valence-electron chi connectivity index (χ4n) is 0.424. The average Bonchev–Trinajstić information content (AvgIpc) is 1.65. The lowest BCUT2D eigenvalue weighted by atomic mass is 9.55. The van der Waals surface area contributed by atoms with Gasteiger partial charge in [0.05, 0.1) is 7.74 Å². The Hall–Kier alpha value is -0.400. The van der Waals surface area contributed by atoms with Gasteiger partial charge >= 0.3 is 0 Å². The number of carbonyl (C=O) groups excluding carboxylic acids is 1. The van der Waals surface area contributed by atoms with Crippen molar-refractivity contribution >= 4 is 20.7 Å². The summed E-state index contributed by atoms with van der Waals surface area (Å²) in [6, 6.07) is 0.280. The molecule has 0 aliphatic heterocycles. The molecule has 0 unspecified atom stereocenters. The van der Waals surface area contributed by atoms with Crippen molar-refractivity contribution < 1.29 is 4.79 Å². The molecular weight excluding hydrogens is 99.7 g/mol. The van der Waals surface area contributed by atoms with Gasteiger partial charge in [-0.3, -0.25) is 4.79 Å². The molecule has 0 fully saturated rings. The third-order valence-electron chi connectivity index (χ3n) is 0.771. The maximum Gasteiger partial charge on any atom is 0.193 e. The first-order chi connectivity index (χ1) is 3.66. The fraction of sp³-hybridized carbons (Fsp3) is 0.750. The topological polar surface area (TPSA) is 29.1 Å². The molecule has 1 amide bonds. The standard InChI is InChI=1S/C4H11B2NO/c1-3(2)7-4(8)6-5/h3,6H,5H2,1-2H3,(H,7,8). The number of amides is 1. The number of rotatable bonds is 2. The fourth-order valence-corrected chi connectivity index (χ4v) is 0.424. The first-order valence-corrected chi connectivity index (χ1v) is 2.96. The van der Waals surface area contributed by atoms with E-state index in [-0.39, 0.29) is 11.8 Å². The molecule has 8 heavy (non-hydrogen) atoms. The summed E-state index contributed by atoms with van der Waals surface area (Å²) in [5, 5.41) is 2.75. The highest BCUT2D eigenvalue weighted by Gasteiger charge is 1.97. The van der Waals surface area contributed by atoms with Gasteiger partial charge in [0.2, 0.25) is 0 Å². The van der Waals surface area contributed by atoms with Gasteiger partial charge in [0.1, 0.15) is 0 Å². The minimum absolute atomic E-state index is 0.125. The summed E-state index contributed by atoms with van der Waals surface area (Å²) in [5.41, 5.74) is 0. The molecule has 0 rings (SSSR count). The molecule has 0 aromatic heterocycles. The first kappa shape index (κ1) is 7.60. The maximum atomic E-state index is 10.5. The van der Waals surface area contributed by atoms with Crippen molar-refractivity contribution in [1.29, 1.82) is 0 Å². The molecule has 0 heterocycles. The zero-order valence-corrected chi connectivity index (χ0v) is 5.69. The normalized spacial score (nSPS) is 8.88. The molecule has 0 saturated carbocycles. The second-order valence-corrected chi connectivity index (χ2v) is 2.08. The van der Waals surface area contributed by atoms with Crippen molar-refractivity contribution in [2.24, 2.45) is 0 Å². The van der Waals surface area contributed by atoms with Crippen molar-refractivity contribution in [1.82, 2.24) is 5.32 Å². The van der Waals surface area contributed by atoms with Crippen LogP contribution in [0.4, 0.5) is 4.79 Å². The highest BCUT2D eigenvalue weighted by atomic mass is 16.1. The first-order valence-electron chi connectivity index (χ1n) is 2.96. The van der Waals surface area contributed by atoms with Crippen molar-refractivity contribution in [2.75, 3.05) is 0 Å². The van der Waals surface area contributed by atoms with Crippen molar-refractivity contribution in [2.45, 2.75) is 19.9 Å². The summed E-state index contributed by atoms with van der Waals surface area (Å²) in [6.45, 7) is 3.90. The van der Waals surface area contributed by atoms with E-state index >= 15 is 0 Å². The highest BCUT2D eigenvalue weighted by molar-refractivity contribution is 7.08. The van der Waals surface area contributed by atoms with Gasteiger partial charge < -0.3 is 5.32 Å². The molecule has 44 valence electrons. The van der Waals surface area contributed by atoms with Crippen LogP contribution in [0.25, 0.3) is 0 Å². The van der Waals surface area contributed by atoms with Gasteiger partial charge in [-0.05, 0) is 13.8 Å². The highest BCUT2D eigenvalue weighted by Crippen LogP contribution is 1.74. The zero-order valence-electron chi connectivity index (χ0n) is 5.69. The molecule has 0 radical (unpaired) electrons. The molecule has 0 aliphatic carbocycles. The molecule has 0 saturated heterocycles. The number of hydrogen-bond donors (Lipinski definition) is 1. The molecule has 0 aromatic rings. The molecule has 4 heteroatoms. The van der Waals surface area contributed by atoms with E-state index in [1.54, 1.807) is 0 Å². The van der Waals surface area contributed by atoms with Gasteiger partial charge in [-0.15, -0.1) is 0 Å². The van der Waals surface area contributed by atoms with Crippen LogP contribution in [0.1, 0.15) is 13.8 Å². The van der Waals surface area contributed by atoms with Crippen LogP contribution >= 0.6 is 0 Å². The zero-order chi connectivity index (χ0) is 6.57. The van der Waals surface area contributed by atoms with Crippen LogP contribution in [0.2, 0.25) is 0 Å². The lowest BCUT2D eigenvalue weighted by Gasteiger charge is -2.04. The van der Waals surface area contributed by atoms with E-state index in [9.17, 15) is 4.79 Å². The van der Waals surface area contributed by atoms with Crippen LogP contribution in [0.15, 0.2) is 0 Å². The van der Waals surface area contributed by atoms with Crippen molar-refractivity contribution in [3.05, 3.63) is 0 Å². The van der Waals surface area contributed by atoms with Crippen LogP contribution in [0.5, 0.6) is 0 Å². The third-order valence-corrected chi connectivity index (χ3v) is 0.771. The average molecular weight is 111 g/mol. The Morgan fingerprint density at radius 3 is 2.38 bits per heavy atom. The van der Waals surface area contributed by atoms with Gasteiger partial charge in [-0.2, -0.15) is 0 Å². The molecule has 0 atom stereocenters. The molecule has 0 spiro atoms. The Morgan fingerprint density at radius 1 is 1.75 bits per heavy atom. The van der Waals surface area contributed by atoms with Crippen molar-refractivity contribution in [3.8, 4) is 0 Å². The van der Waals surface area contributed by atoms with Crippen LogP contribution < -0.4 is 5.32 Å². The second-order valence-electron chi connectivity index (χ2n) is 2.08. The quantitative estimate of drug-likeness (QED) is 0.459. The predicted octanol–water partition coefficient (Wildman–Crippen LogP) is -0.911. The number of carbonyl (C=O) groups is 1. The number of hydrogen-bond acceptors (Lipinski definition) is 1. The number of nitrogens with one attached hydrogen (secondary N) is 1. The largest absolute Gasteiger partial charge is 0.364 e. The predicted molar refractivity (Wildman–Crippen MR) is 39.4 cm³/mol. The summed E-state index contributed by atoms with van der Waals surface area (Å²) in [5.74, 6) is 0.125. The Morgan fingerprint density at radius 2 is 2.25 bits per heavy atom. The summed E-state index contributed by atoms with van der Waals surface area (Å²) >= 11 is 0. The molecule has 0 aliphatic rings. The van der Waals surface area contributed by atoms with Crippen LogP contribution in [-0.2, 0) is 0 Å². The van der Waals surface area contributed by atoms with E-state index in [4.69, 9.17) is 0 Å². The minimum atomic E-state index is 0.125. The maximum absolute atomic E-state index is 10.5. The molecule has 0 aromatic carbocycles. The molecular formula is C4H11B2NO. The van der Waals surface area contributed by atoms with Crippen LogP contribution in [-0.4, -0.2) is 26.8 Å². The van der Waals surface area contributed by atoms with Gasteiger partial charge in [-0.25, -0.2) is 0 Å². The SMILES string of the molecule is BBC(=O)NC(C)C. The van der Waals surface area contributed by atoms with Crippen molar-refractivity contribution in [3.63, 3.8) is 0 Å². The monoisotopic (exact) mass is 111 g/mol. The van der Waals surface area contributed by atoms with E-state index in [1.807, 2.05) is 21.6 Å². The lowest BCUT2D eigenvalue weighted by molar-refractivity contribution is 0.257.